The fourth-order valence-electron chi connectivity index (χ4n) is 3.64. The van der Waals surface area contributed by atoms with Crippen molar-refractivity contribution in [3.05, 3.63) is 0 Å². The third kappa shape index (κ3) is 29.5. The Kier molecular flexibility index (Phi) is 30.9. The molecule has 0 heterocycles. The second-order valence-corrected chi connectivity index (χ2v) is 22.5. The van der Waals surface area contributed by atoms with Crippen LogP contribution in [0.4, 0.5) is 0 Å². The van der Waals surface area contributed by atoms with E-state index in [1.54, 1.807) is 16.6 Å². The molecule has 0 spiro atoms. The Balaban J connectivity index is 3.29. The van der Waals surface area contributed by atoms with E-state index in [0.29, 0.717) is 0 Å². The molecule has 33 heavy (non-hydrogen) atoms. The molecule has 0 atom stereocenters. The van der Waals surface area contributed by atoms with Crippen LogP contribution in [0.1, 0.15) is 142 Å². The van der Waals surface area contributed by atoms with E-state index in [9.17, 15) is 0 Å². The van der Waals surface area contributed by atoms with Gasteiger partial charge >= 0.3 is 196 Å². The zero-order chi connectivity index (χ0) is 24.2. The molecule has 0 rings (SSSR count). The molecule has 0 fully saturated rings. The molecule has 0 bridgehead atoms. The molecule has 2 radical (unpaired) electrons. The Morgan fingerprint density at radius 2 is 0.758 bits per heavy atom. The number of hydrogen-bond acceptors (Lipinski definition) is 6. The smallest absolute Gasteiger partial charge is 0.0654 e. The van der Waals surface area contributed by atoms with Crippen molar-refractivity contribution in [2.24, 2.45) is 0 Å². The van der Waals surface area contributed by atoms with E-state index >= 15 is 0 Å². The summed E-state index contributed by atoms with van der Waals surface area (Å²) in [5, 5.41) is 0. The summed E-state index contributed by atoms with van der Waals surface area (Å²) >= 11 is 9.70. The summed E-state index contributed by atoms with van der Waals surface area (Å²) in [7, 11) is 3.49. The maximum atomic E-state index is 5.71. The summed E-state index contributed by atoms with van der Waals surface area (Å²) in [4.78, 5) is 0. The van der Waals surface area contributed by atoms with Crippen molar-refractivity contribution in [2.75, 3.05) is 13.2 Å². The zero-order valence-corrected chi connectivity index (χ0v) is 28.7. The van der Waals surface area contributed by atoms with Crippen molar-refractivity contribution >= 4 is 71.1 Å². The van der Waals surface area contributed by atoms with Crippen molar-refractivity contribution in [1.29, 1.82) is 0 Å². The molecule has 0 aliphatic rings. The van der Waals surface area contributed by atoms with Crippen LogP contribution in [0.15, 0.2) is 0 Å². The minimum atomic E-state index is -1.01. The Morgan fingerprint density at radius 1 is 0.485 bits per heavy atom. The van der Waals surface area contributed by atoms with E-state index in [1.807, 2.05) is 0 Å². The Labute approximate surface area is 234 Å². The number of hydrogen-bond donors (Lipinski definition) is 0. The van der Waals surface area contributed by atoms with E-state index in [-0.39, 0.29) is 0 Å². The van der Waals surface area contributed by atoms with E-state index in [1.165, 1.54) is 116 Å². The molecule has 0 amide bonds. The van der Waals surface area contributed by atoms with Gasteiger partial charge in [-0.25, -0.2) is 0 Å². The van der Waals surface area contributed by atoms with Crippen LogP contribution in [-0.2, 0) is 9.47 Å². The maximum absolute atomic E-state index is 5.71. The molecule has 0 aliphatic heterocycles. The molecule has 0 unspecified atom stereocenters. The van der Waals surface area contributed by atoms with Gasteiger partial charge in [-0.05, 0) is 0 Å². The summed E-state index contributed by atoms with van der Waals surface area (Å²) in [6.45, 7) is 6.10. The molecule has 194 valence electrons. The van der Waals surface area contributed by atoms with Crippen LogP contribution in [0, 0.1) is 0 Å². The number of ether oxygens (including phenoxy) is 2. The van der Waals surface area contributed by atoms with Gasteiger partial charge in [0.1, 0.15) is 0 Å². The van der Waals surface area contributed by atoms with Gasteiger partial charge in [0.25, 0.3) is 0 Å². The summed E-state index contributed by atoms with van der Waals surface area (Å²) in [5.41, 5.74) is 0. The van der Waals surface area contributed by atoms with Crippen LogP contribution >= 0.6 is 41.1 Å². The third-order valence-corrected chi connectivity index (χ3v) is 21.3. The van der Waals surface area contributed by atoms with Gasteiger partial charge in [0, 0.05) is 0 Å². The van der Waals surface area contributed by atoms with Crippen LogP contribution in [0.5, 0.6) is 0 Å². The summed E-state index contributed by atoms with van der Waals surface area (Å²) < 4.78 is 12.9. The molecular formula is C26H50O2PbS4. The van der Waals surface area contributed by atoms with Gasteiger partial charge in [0.05, 0.1) is 0 Å². The van der Waals surface area contributed by atoms with Gasteiger partial charge in [0.2, 0.25) is 0 Å². The molecule has 0 N–H and O–H groups in total. The quantitative estimate of drug-likeness (QED) is 0.0556. The third-order valence-electron chi connectivity index (χ3n) is 5.69. The van der Waals surface area contributed by atoms with Crippen molar-refractivity contribution in [2.45, 2.75) is 142 Å². The van der Waals surface area contributed by atoms with Crippen molar-refractivity contribution in [3.8, 4) is 0 Å². The number of unbranched alkanes of at least 4 members (excludes halogenated alkanes) is 18. The summed E-state index contributed by atoms with van der Waals surface area (Å²) in [6, 6.07) is 0. The van der Waals surface area contributed by atoms with Crippen LogP contribution in [-0.4, -0.2) is 43.2 Å². The first-order valence-corrected chi connectivity index (χ1v) is 25.6. The number of thiocarbonyl (C=S) groups is 2. The Bertz CT molecular complexity index is 401. The van der Waals surface area contributed by atoms with E-state index in [4.69, 9.17) is 33.9 Å². The van der Waals surface area contributed by atoms with E-state index in [0.717, 1.165) is 34.8 Å². The first kappa shape index (κ1) is 34.4. The first-order valence-electron chi connectivity index (χ1n) is 13.6. The average molecular weight is 730 g/mol. The molecule has 0 aliphatic carbocycles. The van der Waals surface area contributed by atoms with Crippen molar-refractivity contribution in [3.63, 3.8) is 0 Å². The van der Waals surface area contributed by atoms with Gasteiger partial charge < -0.3 is 0 Å². The van der Waals surface area contributed by atoms with Gasteiger partial charge in [-0.3, -0.25) is 0 Å². The predicted molar refractivity (Wildman–Crippen MR) is 162 cm³/mol. The van der Waals surface area contributed by atoms with E-state index in [2.05, 4.69) is 13.8 Å². The predicted octanol–water partition coefficient (Wildman–Crippen LogP) is 10.4. The van der Waals surface area contributed by atoms with Crippen molar-refractivity contribution < 1.29 is 9.47 Å². The second-order valence-electron chi connectivity index (χ2n) is 8.85. The van der Waals surface area contributed by atoms with Crippen LogP contribution < -0.4 is 0 Å². The van der Waals surface area contributed by atoms with Crippen LogP contribution in [0.3, 0.4) is 0 Å². The van der Waals surface area contributed by atoms with Crippen LogP contribution in [0.2, 0.25) is 0 Å². The number of rotatable bonds is 24. The minimum Gasteiger partial charge on any atom is -0.0654 e. The van der Waals surface area contributed by atoms with Crippen molar-refractivity contribution in [1.82, 2.24) is 0 Å². The monoisotopic (exact) mass is 730 g/mol. The standard InChI is InChI=1S/2C13H26OS2.Pb/c2*1-2-3-4-5-6-7-8-9-10-11-12-14-13(15)16;/h2*2-12H2,1H3,(H,15,16);/q;;+2/p-2. The van der Waals surface area contributed by atoms with Gasteiger partial charge in [-0.1, -0.05) is 39.5 Å². The topological polar surface area (TPSA) is 18.5 Å². The second kappa shape index (κ2) is 29.6. The summed E-state index contributed by atoms with van der Waals surface area (Å²) in [5.74, 6) is 0. The first-order chi connectivity index (χ1) is 16.2. The molecule has 0 saturated carbocycles. The summed E-state index contributed by atoms with van der Waals surface area (Å²) in [6.07, 6.45) is 26.9. The minimum absolute atomic E-state index is 0.722. The molecule has 0 saturated heterocycles. The Hall–Kier alpha value is 1.40. The fraction of sp³-hybridized carbons (Fsp3) is 0.923. The molecule has 7 heteroatoms. The fourth-order valence-corrected chi connectivity index (χ4v) is 17.8. The van der Waals surface area contributed by atoms with Gasteiger partial charge in [-0.2, -0.15) is 0 Å². The molecule has 0 aromatic rings. The molecule has 2 nitrogen and oxygen atoms in total. The average Bonchev–Trinajstić information content (AvgIpc) is 2.81. The van der Waals surface area contributed by atoms with Gasteiger partial charge in [-0.15, -0.1) is 0 Å². The molecular weight excluding hydrogens is 680 g/mol. The molecule has 0 aromatic heterocycles. The van der Waals surface area contributed by atoms with E-state index < -0.39 is 21.2 Å². The molecule has 0 aromatic carbocycles. The Morgan fingerprint density at radius 3 is 1.06 bits per heavy atom. The SMILES string of the molecule is CCCCCCCCCCCCOC(=S)[S][Pb][S]C(=S)OCCCCCCCCCCCC. The zero-order valence-electron chi connectivity index (χ0n) is 21.5. The normalized spacial score (nSPS) is 11.0. The van der Waals surface area contributed by atoms with Gasteiger partial charge in [0.15, 0.2) is 0 Å². The van der Waals surface area contributed by atoms with Crippen LogP contribution in [0.25, 0.3) is 0 Å².